The van der Waals surface area contributed by atoms with Gasteiger partial charge in [0.15, 0.2) is 17.4 Å². The van der Waals surface area contributed by atoms with Crippen molar-refractivity contribution in [3.63, 3.8) is 0 Å². The van der Waals surface area contributed by atoms with Gasteiger partial charge in [0.1, 0.15) is 5.82 Å². The van der Waals surface area contributed by atoms with Crippen LogP contribution in [0.15, 0.2) is 54.6 Å². The van der Waals surface area contributed by atoms with E-state index in [1.54, 1.807) is 12.1 Å². The Bertz CT molecular complexity index is 1370. The smallest absolute Gasteiger partial charge is 0.310 e. The van der Waals surface area contributed by atoms with E-state index in [1.807, 2.05) is 12.1 Å². The molecule has 0 bridgehead atoms. The number of methoxy groups -OCH3 is 1. The van der Waals surface area contributed by atoms with E-state index in [-0.39, 0.29) is 22.9 Å². The van der Waals surface area contributed by atoms with Crippen LogP contribution in [0.4, 0.5) is 24.5 Å². The van der Waals surface area contributed by atoms with Crippen molar-refractivity contribution in [1.29, 1.82) is 0 Å². The number of hydrogen-bond acceptors (Lipinski definition) is 5. The maximum absolute atomic E-state index is 13.9. The molecule has 0 unspecified atom stereocenters. The predicted molar refractivity (Wildman–Crippen MR) is 133 cm³/mol. The van der Waals surface area contributed by atoms with Crippen LogP contribution >= 0.6 is 0 Å². The Kier molecular flexibility index (Phi) is 7.94. The SMILES string of the molecule is COc1cc(C(=O)Nc2ccc(C3CCN(C(=O)Cc4c(F)ccc(F)c4F)CC3)cc2)ccc1[N+](=O)[O-]. The minimum atomic E-state index is -1.34. The Morgan fingerprint density at radius 1 is 1.03 bits per heavy atom. The summed E-state index contributed by atoms with van der Waals surface area (Å²) < 4.78 is 46.2. The van der Waals surface area contributed by atoms with Gasteiger partial charge < -0.3 is 15.0 Å². The first-order chi connectivity index (χ1) is 18.2. The lowest BCUT2D eigenvalue weighted by Gasteiger charge is -2.32. The molecule has 1 N–H and O–H groups in total. The number of halogens is 3. The van der Waals surface area contributed by atoms with Gasteiger partial charge >= 0.3 is 5.69 Å². The van der Waals surface area contributed by atoms with Gasteiger partial charge in [-0.3, -0.25) is 19.7 Å². The first-order valence-corrected chi connectivity index (χ1v) is 11.8. The zero-order valence-corrected chi connectivity index (χ0v) is 20.4. The van der Waals surface area contributed by atoms with Crippen molar-refractivity contribution in [2.75, 3.05) is 25.5 Å². The van der Waals surface area contributed by atoms with Crippen molar-refractivity contribution >= 4 is 23.2 Å². The van der Waals surface area contributed by atoms with Crippen molar-refractivity contribution in [2.24, 2.45) is 0 Å². The van der Waals surface area contributed by atoms with Crippen LogP contribution in [0.5, 0.6) is 5.75 Å². The molecule has 38 heavy (non-hydrogen) atoms. The van der Waals surface area contributed by atoms with E-state index in [1.165, 1.54) is 30.2 Å². The summed E-state index contributed by atoms with van der Waals surface area (Å²) in [6.07, 6.45) is 0.720. The Morgan fingerprint density at radius 2 is 1.68 bits per heavy atom. The van der Waals surface area contributed by atoms with Gasteiger partial charge in [0, 0.05) is 42.0 Å². The number of piperidine rings is 1. The van der Waals surface area contributed by atoms with Crippen LogP contribution < -0.4 is 10.1 Å². The van der Waals surface area contributed by atoms with Crippen LogP contribution in [0.25, 0.3) is 0 Å². The number of ether oxygens (including phenoxy) is 1. The normalized spacial score (nSPS) is 13.7. The summed E-state index contributed by atoms with van der Waals surface area (Å²) >= 11 is 0. The number of nitrogens with one attached hydrogen (secondary N) is 1. The molecule has 198 valence electrons. The molecule has 2 amide bonds. The van der Waals surface area contributed by atoms with Gasteiger partial charge in [-0.15, -0.1) is 0 Å². The number of nitrogens with zero attached hydrogens (tertiary/aromatic N) is 2. The van der Waals surface area contributed by atoms with Crippen molar-refractivity contribution < 1.29 is 32.4 Å². The Morgan fingerprint density at radius 3 is 2.32 bits per heavy atom. The number of hydrogen-bond donors (Lipinski definition) is 1. The highest BCUT2D eigenvalue weighted by molar-refractivity contribution is 6.04. The minimum Gasteiger partial charge on any atom is -0.490 e. The third-order valence-corrected chi connectivity index (χ3v) is 6.59. The molecule has 11 heteroatoms. The lowest BCUT2D eigenvalue weighted by atomic mass is 9.89. The first-order valence-electron chi connectivity index (χ1n) is 11.8. The van der Waals surface area contributed by atoms with E-state index in [9.17, 15) is 32.9 Å². The second kappa shape index (κ2) is 11.3. The second-order valence-corrected chi connectivity index (χ2v) is 8.87. The molecule has 1 saturated heterocycles. The summed E-state index contributed by atoms with van der Waals surface area (Å²) in [4.78, 5) is 37.1. The molecule has 0 aliphatic carbocycles. The Balaban J connectivity index is 1.33. The fourth-order valence-electron chi connectivity index (χ4n) is 4.47. The van der Waals surface area contributed by atoms with Crippen molar-refractivity contribution in [3.8, 4) is 5.75 Å². The van der Waals surface area contributed by atoms with Gasteiger partial charge in [0.2, 0.25) is 5.91 Å². The molecule has 4 rings (SSSR count). The van der Waals surface area contributed by atoms with Crippen molar-refractivity contribution in [3.05, 3.63) is 98.9 Å². The Hall–Kier alpha value is -4.41. The molecule has 0 saturated carbocycles. The summed E-state index contributed by atoms with van der Waals surface area (Å²) in [7, 11) is 1.28. The number of carbonyl (C=O) groups is 2. The summed E-state index contributed by atoms with van der Waals surface area (Å²) in [5.41, 5.74) is 0.931. The number of likely N-dealkylation sites (tertiary alicyclic amines) is 1. The monoisotopic (exact) mass is 527 g/mol. The lowest BCUT2D eigenvalue weighted by molar-refractivity contribution is -0.385. The summed E-state index contributed by atoms with van der Waals surface area (Å²) in [6.45, 7) is 0.783. The average Bonchev–Trinajstić information content (AvgIpc) is 2.93. The van der Waals surface area contributed by atoms with Crippen LogP contribution in [0.2, 0.25) is 0 Å². The quantitative estimate of drug-likeness (QED) is 0.258. The topological polar surface area (TPSA) is 102 Å². The number of nitro groups is 1. The van der Waals surface area contributed by atoms with Gasteiger partial charge in [0.05, 0.1) is 18.5 Å². The molecular formula is C27H24F3N3O5. The fourth-order valence-corrected chi connectivity index (χ4v) is 4.47. The maximum atomic E-state index is 13.9. The van der Waals surface area contributed by atoms with Gasteiger partial charge in [-0.1, -0.05) is 12.1 Å². The van der Waals surface area contributed by atoms with E-state index < -0.39 is 46.2 Å². The summed E-state index contributed by atoms with van der Waals surface area (Å²) in [6, 6.07) is 12.6. The number of nitro benzene ring substituents is 1. The largest absolute Gasteiger partial charge is 0.490 e. The molecule has 1 heterocycles. The number of amides is 2. The van der Waals surface area contributed by atoms with E-state index >= 15 is 0 Å². The van der Waals surface area contributed by atoms with Crippen molar-refractivity contribution in [1.82, 2.24) is 4.90 Å². The third kappa shape index (κ3) is 5.77. The number of benzene rings is 3. The molecule has 3 aromatic carbocycles. The molecule has 3 aromatic rings. The maximum Gasteiger partial charge on any atom is 0.310 e. The zero-order valence-electron chi connectivity index (χ0n) is 20.4. The van der Waals surface area contributed by atoms with E-state index in [0.29, 0.717) is 37.7 Å². The summed E-state index contributed by atoms with van der Waals surface area (Å²) in [5, 5.41) is 13.8. The molecule has 1 fully saturated rings. The van der Waals surface area contributed by atoms with Crippen molar-refractivity contribution in [2.45, 2.75) is 25.2 Å². The Labute approximate surface area is 216 Å². The van der Waals surface area contributed by atoms with Crippen LogP contribution in [0.1, 0.15) is 40.2 Å². The number of rotatable bonds is 7. The highest BCUT2D eigenvalue weighted by Crippen LogP contribution is 2.30. The molecule has 0 aromatic heterocycles. The first kappa shape index (κ1) is 26.6. The predicted octanol–water partition coefficient (Wildman–Crippen LogP) is 5.22. The molecule has 1 aliphatic rings. The van der Waals surface area contributed by atoms with Gasteiger partial charge in [-0.2, -0.15) is 0 Å². The van der Waals surface area contributed by atoms with E-state index in [4.69, 9.17) is 4.74 Å². The third-order valence-electron chi connectivity index (χ3n) is 6.59. The zero-order chi connectivity index (χ0) is 27.4. The van der Waals surface area contributed by atoms with Gasteiger partial charge in [0.25, 0.3) is 5.91 Å². The van der Waals surface area contributed by atoms with Gasteiger partial charge in [-0.25, -0.2) is 13.2 Å². The van der Waals surface area contributed by atoms with E-state index in [0.717, 1.165) is 11.6 Å². The highest BCUT2D eigenvalue weighted by atomic mass is 19.2. The molecule has 0 radical (unpaired) electrons. The second-order valence-electron chi connectivity index (χ2n) is 8.87. The number of carbonyl (C=O) groups excluding carboxylic acids is 2. The molecule has 8 nitrogen and oxygen atoms in total. The highest BCUT2D eigenvalue weighted by Gasteiger charge is 2.26. The van der Waals surface area contributed by atoms with Gasteiger partial charge in [-0.05, 0) is 54.7 Å². The van der Waals surface area contributed by atoms with Crippen LogP contribution in [-0.2, 0) is 11.2 Å². The molecule has 0 atom stereocenters. The number of anilines is 1. The molecule has 0 spiro atoms. The lowest BCUT2D eigenvalue weighted by Crippen LogP contribution is -2.39. The molecule has 1 aliphatic heterocycles. The summed E-state index contributed by atoms with van der Waals surface area (Å²) in [5.74, 6) is -4.28. The average molecular weight is 527 g/mol. The minimum absolute atomic E-state index is 0.0194. The van der Waals surface area contributed by atoms with E-state index in [2.05, 4.69) is 5.32 Å². The molecular weight excluding hydrogens is 503 g/mol. The van der Waals surface area contributed by atoms with Crippen LogP contribution in [0, 0.1) is 27.6 Å². The standard InChI is InChI=1S/C27H24F3N3O5/c1-38-24-14-18(4-9-23(24)33(36)37)27(35)31-19-5-2-16(3-6-19)17-10-12-32(13-11-17)25(34)15-20-21(28)7-8-22(29)26(20)30/h2-9,14,17H,10-13,15H2,1H3,(H,31,35). The fraction of sp³-hybridized carbons (Fsp3) is 0.259. The van der Waals surface area contributed by atoms with Crippen LogP contribution in [-0.4, -0.2) is 41.8 Å². The van der Waals surface area contributed by atoms with Crippen LogP contribution in [0.3, 0.4) is 0 Å².